The van der Waals surface area contributed by atoms with Crippen molar-refractivity contribution < 1.29 is 15.0 Å². The molecule has 0 spiro atoms. The number of hydrogen-bond donors (Lipinski definition) is 3. The van der Waals surface area contributed by atoms with E-state index in [1.165, 1.54) is 122 Å². The van der Waals surface area contributed by atoms with Crippen LogP contribution in [0.5, 0.6) is 0 Å². The van der Waals surface area contributed by atoms with Gasteiger partial charge in [0.2, 0.25) is 5.91 Å². The Morgan fingerprint density at radius 1 is 0.622 bits per heavy atom. The second-order valence-electron chi connectivity index (χ2n) is 11.2. The molecule has 0 saturated carbocycles. The maximum absolute atomic E-state index is 12.2. The van der Waals surface area contributed by atoms with E-state index < -0.39 is 12.1 Å². The van der Waals surface area contributed by atoms with Crippen LogP contribution in [-0.2, 0) is 4.79 Å². The molecule has 37 heavy (non-hydrogen) atoms. The monoisotopic (exact) mass is 523 g/mol. The van der Waals surface area contributed by atoms with Gasteiger partial charge in [0.25, 0.3) is 0 Å². The van der Waals surface area contributed by atoms with E-state index in [1.54, 1.807) is 0 Å². The Bertz CT molecular complexity index is 494. The van der Waals surface area contributed by atoms with Crippen molar-refractivity contribution in [1.29, 1.82) is 0 Å². The first kappa shape index (κ1) is 36.1. The quantitative estimate of drug-likeness (QED) is 0.0676. The summed E-state index contributed by atoms with van der Waals surface area (Å²) in [5.41, 5.74) is 0. The topological polar surface area (TPSA) is 69.6 Å². The van der Waals surface area contributed by atoms with Crippen molar-refractivity contribution in [2.75, 3.05) is 6.61 Å². The standard InChI is InChI=1S/C33H65NO3/c1-3-5-7-9-11-12-13-14-15-16-17-18-19-20-21-23-25-27-29-33(37)34-31(30-35)32(36)28-26-24-22-10-8-6-4-2/h15-16,31-32,35-36H,3-14,17-30H2,1-2H3,(H,34,37)/b16-15-. The molecule has 0 rings (SSSR count). The number of aliphatic hydroxyl groups is 2. The second-order valence-corrected chi connectivity index (χ2v) is 11.2. The van der Waals surface area contributed by atoms with Gasteiger partial charge in [0, 0.05) is 6.42 Å². The molecule has 2 unspecified atom stereocenters. The molecule has 0 fully saturated rings. The van der Waals surface area contributed by atoms with Gasteiger partial charge < -0.3 is 15.5 Å². The first-order chi connectivity index (χ1) is 18.2. The second kappa shape index (κ2) is 29.7. The van der Waals surface area contributed by atoms with Crippen LogP contribution >= 0.6 is 0 Å². The number of carbonyl (C=O) groups is 1. The SMILES string of the molecule is CCCCCCCCC/C=C\CCCCCCCCCC(=O)NC(CO)C(O)CCCCCCCCC. The summed E-state index contributed by atoms with van der Waals surface area (Å²) in [7, 11) is 0. The smallest absolute Gasteiger partial charge is 0.220 e. The maximum atomic E-state index is 12.2. The van der Waals surface area contributed by atoms with Gasteiger partial charge in [-0.3, -0.25) is 4.79 Å². The van der Waals surface area contributed by atoms with Gasteiger partial charge in [0.05, 0.1) is 18.8 Å². The summed E-state index contributed by atoms with van der Waals surface area (Å²) in [5, 5.41) is 22.8. The number of hydrogen-bond acceptors (Lipinski definition) is 3. The fourth-order valence-corrected chi connectivity index (χ4v) is 4.94. The van der Waals surface area contributed by atoms with Crippen molar-refractivity contribution in [2.24, 2.45) is 0 Å². The van der Waals surface area contributed by atoms with Crippen molar-refractivity contribution in [2.45, 2.75) is 187 Å². The number of allylic oxidation sites excluding steroid dienone is 2. The number of aliphatic hydroxyl groups excluding tert-OH is 2. The molecule has 1 amide bonds. The summed E-state index contributed by atoms with van der Waals surface area (Å²) in [6.45, 7) is 4.30. The summed E-state index contributed by atoms with van der Waals surface area (Å²) >= 11 is 0. The van der Waals surface area contributed by atoms with E-state index in [9.17, 15) is 15.0 Å². The molecule has 220 valence electrons. The molecular weight excluding hydrogens is 458 g/mol. The molecule has 0 aromatic heterocycles. The lowest BCUT2D eigenvalue weighted by Crippen LogP contribution is -2.45. The molecule has 3 N–H and O–H groups in total. The van der Waals surface area contributed by atoms with Crippen LogP contribution in [-0.4, -0.2) is 34.9 Å². The normalized spacial score (nSPS) is 13.3. The van der Waals surface area contributed by atoms with E-state index in [1.807, 2.05) is 0 Å². The molecular formula is C33H65NO3. The fourth-order valence-electron chi connectivity index (χ4n) is 4.94. The number of amides is 1. The van der Waals surface area contributed by atoms with Gasteiger partial charge in [0.1, 0.15) is 0 Å². The Morgan fingerprint density at radius 2 is 1.03 bits per heavy atom. The number of nitrogens with one attached hydrogen (secondary N) is 1. The highest BCUT2D eigenvalue weighted by atomic mass is 16.3. The zero-order chi connectivity index (χ0) is 27.2. The van der Waals surface area contributed by atoms with Crippen molar-refractivity contribution in [3.63, 3.8) is 0 Å². The van der Waals surface area contributed by atoms with E-state index in [2.05, 4.69) is 31.3 Å². The number of rotatable bonds is 29. The lowest BCUT2D eigenvalue weighted by atomic mass is 10.0. The molecule has 0 aliphatic heterocycles. The van der Waals surface area contributed by atoms with Crippen molar-refractivity contribution in [1.82, 2.24) is 5.32 Å². The third kappa shape index (κ3) is 26.5. The molecule has 0 bridgehead atoms. The molecule has 4 nitrogen and oxygen atoms in total. The van der Waals surface area contributed by atoms with E-state index >= 15 is 0 Å². The Kier molecular flexibility index (Phi) is 29.0. The lowest BCUT2D eigenvalue weighted by molar-refractivity contribution is -0.123. The molecule has 0 heterocycles. The van der Waals surface area contributed by atoms with Crippen LogP contribution in [0.25, 0.3) is 0 Å². The van der Waals surface area contributed by atoms with Gasteiger partial charge in [0.15, 0.2) is 0 Å². The molecule has 0 aromatic rings. The van der Waals surface area contributed by atoms with E-state index in [-0.39, 0.29) is 12.5 Å². The average Bonchev–Trinajstić information content (AvgIpc) is 2.90. The van der Waals surface area contributed by atoms with Crippen LogP contribution in [0.15, 0.2) is 12.2 Å². The minimum atomic E-state index is -0.653. The van der Waals surface area contributed by atoms with Crippen molar-refractivity contribution >= 4 is 5.91 Å². The molecule has 4 heteroatoms. The van der Waals surface area contributed by atoms with Crippen LogP contribution in [0.4, 0.5) is 0 Å². The van der Waals surface area contributed by atoms with Gasteiger partial charge in [-0.15, -0.1) is 0 Å². The first-order valence-corrected chi connectivity index (χ1v) is 16.4. The zero-order valence-corrected chi connectivity index (χ0v) is 25.0. The van der Waals surface area contributed by atoms with Crippen LogP contribution < -0.4 is 5.32 Å². The Morgan fingerprint density at radius 3 is 1.49 bits per heavy atom. The molecule has 0 aromatic carbocycles. The highest BCUT2D eigenvalue weighted by molar-refractivity contribution is 5.76. The van der Waals surface area contributed by atoms with Gasteiger partial charge in [-0.1, -0.05) is 142 Å². The summed E-state index contributed by atoms with van der Waals surface area (Å²) in [5.74, 6) is -0.0408. The first-order valence-electron chi connectivity index (χ1n) is 16.4. The van der Waals surface area contributed by atoms with Gasteiger partial charge in [-0.05, 0) is 38.5 Å². The van der Waals surface area contributed by atoms with Gasteiger partial charge >= 0.3 is 0 Å². The summed E-state index contributed by atoms with van der Waals surface area (Å²) < 4.78 is 0. The van der Waals surface area contributed by atoms with E-state index in [4.69, 9.17) is 0 Å². The van der Waals surface area contributed by atoms with Gasteiger partial charge in [-0.2, -0.15) is 0 Å². The highest BCUT2D eigenvalue weighted by Gasteiger charge is 2.19. The predicted octanol–water partition coefficient (Wildman–Crippen LogP) is 9.17. The zero-order valence-electron chi connectivity index (χ0n) is 25.0. The lowest BCUT2D eigenvalue weighted by Gasteiger charge is -2.22. The molecule has 0 saturated heterocycles. The third-order valence-electron chi connectivity index (χ3n) is 7.53. The number of unbranched alkanes of at least 4 members (excludes halogenated alkanes) is 20. The summed E-state index contributed by atoms with van der Waals surface area (Å²) in [6.07, 6.45) is 34.1. The minimum absolute atomic E-state index is 0.0408. The Balaban J connectivity index is 3.53. The molecule has 2 atom stereocenters. The molecule has 0 aliphatic carbocycles. The fraction of sp³-hybridized carbons (Fsp3) is 0.909. The minimum Gasteiger partial charge on any atom is -0.394 e. The maximum Gasteiger partial charge on any atom is 0.220 e. The van der Waals surface area contributed by atoms with Gasteiger partial charge in [-0.25, -0.2) is 0 Å². The molecule has 0 aliphatic rings. The van der Waals surface area contributed by atoms with Crippen LogP contribution in [0, 0.1) is 0 Å². The Labute approximate surface area is 231 Å². The van der Waals surface area contributed by atoms with Crippen LogP contribution in [0.3, 0.4) is 0 Å². The number of carbonyl (C=O) groups excluding carboxylic acids is 1. The largest absolute Gasteiger partial charge is 0.394 e. The van der Waals surface area contributed by atoms with E-state index in [0.29, 0.717) is 12.8 Å². The van der Waals surface area contributed by atoms with Crippen molar-refractivity contribution in [3.8, 4) is 0 Å². The molecule has 0 radical (unpaired) electrons. The third-order valence-corrected chi connectivity index (χ3v) is 7.53. The average molecular weight is 524 g/mol. The van der Waals surface area contributed by atoms with Crippen LogP contribution in [0.1, 0.15) is 174 Å². The Hall–Kier alpha value is -0.870. The van der Waals surface area contributed by atoms with Crippen LogP contribution in [0.2, 0.25) is 0 Å². The van der Waals surface area contributed by atoms with Crippen molar-refractivity contribution in [3.05, 3.63) is 12.2 Å². The summed E-state index contributed by atoms with van der Waals surface area (Å²) in [6, 6.07) is -0.530. The highest BCUT2D eigenvalue weighted by Crippen LogP contribution is 2.13. The summed E-state index contributed by atoms with van der Waals surface area (Å²) in [4.78, 5) is 12.2. The predicted molar refractivity (Wildman–Crippen MR) is 161 cm³/mol. The van der Waals surface area contributed by atoms with E-state index in [0.717, 1.165) is 25.7 Å².